The molecule has 0 aliphatic carbocycles. The molecule has 0 amide bonds. The number of carbonyl (C=O) groups is 1. The van der Waals surface area contributed by atoms with E-state index in [2.05, 4.69) is 0 Å². The summed E-state index contributed by atoms with van der Waals surface area (Å²) in [6, 6.07) is 12.5. The van der Waals surface area contributed by atoms with Gasteiger partial charge in [0.1, 0.15) is 5.75 Å². The van der Waals surface area contributed by atoms with Crippen molar-refractivity contribution in [3.63, 3.8) is 0 Å². The van der Waals surface area contributed by atoms with Crippen molar-refractivity contribution >= 4 is 5.78 Å². The maximum Gasteiger partial charge on any atom is 0.196 e. The third-order valence-corrected chi connectivity index (χ3v) is 3.03. The number of ketones is 1. The summed E-state index contributed by atoms with van der Waals surface area (Å²) in [6.45, 7) is 4.00. The Labute approximate surface area is 107 Å². The van der Waals surface area contributed by atoms with Crippen LogP contribution in [0, 0.1) is 6.92 Å². The van der Waals surface area contributed by atoms with Crippen LogP contribution in [0.1, 0.15) is 34.0 Å². The molecule has 0 aromatic heterocycles. The monoisotopic (exact) mass is 240 g/mol. The van der Waals surface area contributed by atoms with Crippen LogP contribution in [-0.4, -0.2) is 10.9 Å². The van der Waals surface area contributed by atoms with Gasteiger partial charge in [-0.05, 0) is 31.0 Å². The summed E-state index contributed by atoms with van der Waals surface area (Å²) in [7, 11) is 0. The summed E-state index contributed by atoms with van der Waals surface area (Å²) >= 11 is 0. The van der Waals surface area contributed by atoms with Gasteiger partial charge < -0.3 is 5.11 Å². The van der Waals surface area contributed by atoms with E-state index in [0.29, 0.717) is 11.1 Å². The molecule has 2 aromatic carbocycles. The number of phenolic OH excluding ortho intramolecular Hbond substituents is 1. The Morgan fingerprint density at radius 1 is 1.11 bits per heavy atom. The van der Waals surface area contributed by atoms with Gasteiger partial charge in [0.25, 0.3) is 0 Å². The Bertz CT molecular complexity index is 568. The topological polar surface area (TPSA) is 37.3 Å². The van der Waals surface area contributed by atoms with Crippen LogP contribution in [0.15, 0.2) is 42.5 Å². The smallest absolute Gasteiger partial charge is 0.196 e. The van der Waals surface area contributed by atoms with Crippen LogP contribution in [0.4, 0.5) is 0 Å². The number of carbonyl (C=O) groups excluding carboxylic acids is 1. The SMILES string of the molecule is CCc1ccc(O)c(C(=O)c2ccc(C)cc2)c1. The fraction of sp³-hybridized carbons (Fsp3) is 0.188. The third-order valence-electron chi connectivity index (χ3n) is 3.03. The second-order valence-electron chi connectivity index (χ2n) is 4.40. The third kappa shape index (κ3) is 2.43. The van der Waals surface area contributed by atoms with Gasteiger partial charge in [0.15, 0.2) is 5.78 Å². The summed E-state index contributed by atoms with van der Waals surface area (Å²) in [5, 5.41) is 9.80. The zero-order chi connectivity index (χ0) is 13.1. The number of phenols is 1. The maximum absolute atomic E-state index is 12.3. The van der Waals surface area contributed by atoms with Gasteiger partial charge in [-0.25, -0.2) is 0 Å². The molecule has 2 nitrogen and oxygen atoms in total. The molecule has 0 atom stereocenters. The Balaban J connectivity index is 2.42. The van der Waals surface area contributed by atoms with E-state index in [1.807, 2.05) is 32.0 Å². The largest absolute Gasteiger partial charge is 0.507 e. The molecule has 2 heteroatoms. The Hall–Kier alpha value is -2.09. The van der Waals surface area contributed by atoms with E-state index >= 15 is 0 Å². The zero-order valence-corrected chi connectivity index (χ0v) is 10.6. The van der Waals surface area contributed by atoms with Gasteiger partial charge >= 0.3 is 0 Å². The molecule has 18 heavy (non-hydrogen) atoms. The van der Waals surface area contributed by atoms with E-state index in [-0.39, 0.29) is 11.5 Å². The number of hydrogen-bond donors (Lipinski definition) is 1. The molecule has 0 radical (unpaired) electrons. The van der Waals surface area contributed by atoms with Crippen LogP contribution in [0.25, 0.3) is 0 Å². The van der Waals surface area contributed by atoms with Crippen LogP contribution in [0.3, 0.4) is 0 Å². The average molecular weight is 240 g/mol. The lowest BCUT2D eigenvalue weighted by Gasteiger charge is -2.06. The van der Waals surface area contributed by atoms with E-state index in [4.69, 9.17) is 0 Å². The molecule has 0 spiro atoms. The van der Waals surface area contributed by atoms with Crippen molar-refractivity contribution in [2.45, 2.75) is 20.3 Å². The maximum atomic E-state index is 12.3. The van der Waals surface area contributed by atoms with Gasteiger partial charge in [-0.15, -0.1) is 0 Å². The van der Waals surface area contributed by atoms with Crippen LogP contribution < -0.4 is 0 Å². The molecule has 0 aliphatic rings. The predicted molar refractivity (Wildman–Crippen MR) is 72.1 cm³/mol. The van der Waals surface area contributed by atoms with Crippen molar-refractivity contribution < 1.29 is 9.90 Å². The summed E-state index contributed by atoms with van der Waals surface area (Å²) in [4.78, 5) is 12.3. The molecule has 0 bridgehead atoms. The highest BCUT2D eigenvalue weighted by Gasteiger charge is 2.13. The van der Waals surface area contributed by atoms with Crippen LogP contribution in [0.2, 0.25) is 0 Å². The molecular formula is C16H16O2. The number of benzene rings is 2. The Morgan fingerprint density at radius 2 is 1.78 bits per heavy atom. The van der Waals surface area contributed by atoms with Crippen molar-refractivity contribution in [3.8, 4) is 5.75 Å². The minimum atomic E-state index is -0.136. The van der Waals surface area contributed by atoms with Gasteiger partial charge in [-0.1, -0.05) is 42.8 Å². The van der Waals surface area contributed by atoms with Gasteiger partial charge in [0.05, 0.1) is 5.56 Å². The molecule has 0 heterocycles. The average Bonchev–Trinajstić information content (AvgIpc) is 2.39. The van der Waals surface area contributed by atoms with E-state index < -0.39 is 0 Å². The van der Waals surface area contributed by atoms with Crippen molar-refractivity contribution in [3.05, 3.63) is 64.7 Å². The molecule has 0 fully saturated rings. The number of aromatic hydroxyl groups is 1. The minimum Gasteiger partial charge on any atom is -0.507 e. The lowest BCUT2D eigenvalue weighted by atomic mass is 9.99. The van der Waals surface area contributed by atoms with Crippen molar-refractivity contribution in [1.82, 2.24) is 0 Å². The molecule has 0 saturated carbocycles. The molecule has 0 saturated heterocycles. The summed E-state index contributed by atoms with van der Waals surface area (Å²) < 4.78 is 0. The standard InChI is InChI=1S/C16H16O2/c1-3-12-6-9-15(17)14(10-12)16(18)13-7-4-11(2)5-8-13/h4-10,17H,3H2,1-2H3. The summed E-state index contributed by atoms with van der Waals surface area (Å²) in [5.74, 6) is -0.0967. The first-order valence-corrected chi connectivity index (χ1v) is 6.05. The molecule has 1 N–H and O–H groups in total. The second kappa shape index (κ2) is 5.05. The lowest BCUT2D eigenvalue weighted by molar-refractivity contribution is 0.103. The minimum absolute atomic E-state index is 0.0396. The summed E-state index contributed by atoms with van der Waals surface area (Å²) in [6.07, 6.45) is 0.842. The second-order valence-corrected chi connectivity index (χ2v) is 4.40. The van der Waals surface area contributed by atoms with Gasteiger partial charge in [0.2, 0.25) is 0 Å². The fourth-order valence-electron chi connectivity index (χ4n) is 1.85. The molecule has 0 unspecified atom stereocenters. The van der Waals surface area contributed by atoms with Gasteiger partial charge in [0, 0.05) is 5.56 Å². The number of hydrogen-bond acceptors (Lipinski definition) is 2. The number of rotatable bonds is 3. The summed E-state index contributed by atoms with van der Waals surface area (Å²) in [5.41, 5.74) is 3.13. The van der Waals surface area contributed by atoms with E-state index in [0.717, 1.165) is 17.5 Å². The first-order chi connectivity index (χ1) is 8.61. The van der Waals surface area contributed by atoms with E-state index in [1.54, 1.807) is 24.3 Å². The van der Waals surface area contributed by atoms with E-state index in [1.165, 1.54) is 0 Å². The fourth-order valence-corrected chi connectivity index (χ4v) is 1.85. The molecule has 92 valence electrons. The highest BCUT2D eigenvalue weighted by atomic mass is 16.3. The van der Waals surface area contributed by atoms with Crippen LogP contribution in [0.5, 0.6) is 5.75 Å². The first-order valence-electron chi connectivity index (χ1n) is 6.05. The Morgan fingerprint density at radius 3 is 2.39 bits per heavy atom. The zero-order valence-electron chi connectivity index (χ0n) is 10.6. The van der Waals surface area contributed by atoms with Gasteiger partial charge in [-0.2, -0.15) is 0 Å². The van der Waals surface area contributed by atoms with E-state index in [9.17, 15) is 9.90 Å². The number of aryl methyl sites for hydroxylation is 2. The first kappa shape index (κ1) is 12.4. The Kier molecular flexibility index (Phi) is 3.47. The van der Waals surface area contributed by atoms with Crippen LogP contribution in [-0.2, 0) is 6.42 Å². The van der Waals surface area contributed by atoms with Gasteiger partial charge in [-0.3, -0.25) is 4.79 Å². The van der Waals surface area contributed by atoms with Crippen molar-refractivity contribution in [1.29, 1.82) is 0 Å². The molecule has 0 aliphatic heterocycles. The molecule has 2 rings (SSSR count). The highest BCUT2D eigenvalue weighted by Crippen LogP contribution is 2.22. The lowest BCUT2D eigenvalue weighted by Crippen LogP contribution is -2.02. The normalized spacial score (nSPS) is 10.3. The molecule has 2 aromatic rings. The predicted octanol–water partition coefficient (Wildman–Crippen LogP) is 3.49. The molecular weight excluding hydrogens is 224 g/mol. The highest BCUT2D eigenvalue weighted by molar-refractivity contribution is 6.10. The quantitative estimate of drug-likeness (QED) is 0.834. The van der Waals surface area contributed by atoms with Crippen molar-refractivity contribution in [2.24, 2.45) is 0 Å². The van der Waals surface area contributed by atoms with Crippen molar-refractivity contribution in [2.75, 3.05) is 0 Å². The van der Waals surface area contributed by atoms with Crippen LogP contribution >= 0.6 is 0 Å².